The van der Waals surface area contributed by atoms with Crippen molar-refractivity contribution < 1.29 is 18.3 Å². The second-order valence-electron chi connectivity index (χ2n) is 4.26. The molecule has 0 unspecified atom stereocenters. The van der Waals surface area contributed by atoms with E-state index >= 15 is 0 Å². The molecule has 0 aliphatic heterocycles. The molecule has 1 aromatic heterocycles. The number of sulfone groups is 1. The molecular formula is C13H12N2O4S. The summed E-state index contributed by atoms with van der Waals surface area (Å²) >= 11 is 0. The van der Waals surface area contributed by atoms with Crippen molar-refractivity contribution in [3.8, 4) is 11.1 Å². The van der Waals surface area contributed by atoms with Crippen molar-refractivity contribution in [2.45, 2.75) is 4.90 Å². The first kappa shape index (κ1) is 14.0. The minimum Gasteiger partial charge on any atom is -0.478 e. The molecule has 0 radical (unpaired) electrons. The van der Waals surface area contributed by atoms with Crippen molar-refractivity contribution in [2.24, 2.45) is 0 Å². The van der Waals surface area contributed by atoms with Gasteiger partial charge in [-0.15, -0.1) is 0 Å². The van der Waals surface area contributed by atoms with Crippen LogP contribution in [0.3, 0.4) is 0 Å². The zero-order valence-electron chi connectivity index (χ0n) is 10.6. The van der Waals surface area contributed by atoms with Gasteiger partial charge in [-0.3, -0.25) is 0 Å². The highest BCUT2D eigenvalue weighted by molar-refractivity contribution is 7.90. The van der Waals surface area contributed by atoms with E-state index in [1.165, 1.54) is 24.4 Å². The van der Waals surface area contributed by atoms with Crippen LogP contribution in [0.4, 0.5) is 5.82 Å². The Morgan fingerprint density at radius 2 is 1.95 bits per heavy atom. The number of hydrogen-bond donors (Lipinski definition) is 2. The molecule has 0 bridgehead atoms. The quantitative estimate of drug-likeness (QED) is 0.885. The summed E-state index contributed by atoms with van der Waals surface area (Å²) in [6, 6.07) is 7.57. The molecule has 0 fully saturated rings. The number of nitrogens with two attached hydrogens (primary N) is 1. The Balaban J connectivity index is 2.58. The molecule has 104 valence electrons. The Bertz CT molecular complexity index is 785. The van der Waals surface area contributed by atoms with Crippen LogP contribution in [0.1, 0.15) is 10.4 Å². The molecular weight excluding hydrogens is 280 g/mol. The summed E-state index contributed by atoms with van der Waals surface area (Å²) < 4.78 is 23.0. The van der Waals surface area contributed by atoms with Crippen molar-refractivity contribution in [1.82, 2.24) is 4.98 Å². The van der Waals surface area contributed by atoms with Crippen LogP contribution in [0.2, 0.25) is 0 Å². The minimum absolute atomic E-state index is 0.0829. The van der Waals surface area contributed by atoms with Crippen molar-refractivity contribution in [1.29, 1.82) is 0 Å². The summed E-state index contributed by atoms with van der Waals surface area (Å²) in [5.41, 5.74) is 6.41. The number of anilines is 1. The van der Waals surface area contributed by atoms with Crippen molar-refractivity contribution >= 4 is 21.6 Å². The molecule has 6 nitrogen and oxygen atoms in total. The van der Waals surface area contributed by atoms with E-state index in [1.54, 1.807) is 12.1 Å². The van der Waals surface area contributed by atoms with Gasteiger partial charge in [0.2, 0.25) is 0 Å². The second-order valence-corrected chi connectivity index (χ2v) is 6.28. The van der Waals surface area contributed by atoms with Gasteiger partial charge in [-0.1, -0.05) is 12.1 Å². The van der Waals surface area contributed by atoms with Gasteiger partial charge in [-0.2, -0.15) is 0 Å². The number of rotatable bonds is 3. The molecule has 0 amide bonds. The Morgan fingerprint density at radius 3 is 2.55 bits per heavy atom. The number of carbonyl (C=O) groups is 1. The first-order valence-corrected chi connectivity index (χ1v) is 7.47. The van der Waals surface area contributed by atoms with E-state index in [1.807, 2.05) is 0 Å². The third-order valence-electron chi connectivity index (χ3n) is 2.74. The van der Waals surface area contributed by atoms with Crippen LogP contribution in [0.25, 0.3) is 11.1 Å². The summed E-state index contributed by atoms with van der Waals surface area (Å²) in [5, 5.41) is 9.00. The van der Waals surface area contributed by atoms with Crippen LogP contribution in [0, 0.1) is 0 Å². The average molecular weight is 292 g/mol. The molecule has 1 heterocycles. The van der Waals surface area contributed by atoms with Crippen molar-refractivity contribution in [2.75, 3.05) is 12.0 Å². The van der Waals surface area contributed by atoms with Gasteiger partial charge in [-0.05, 0) is 23.8 Å². The Morgan fingerprint density at radius 1 is 1.25 bits per heavy atom. The number of aromatic nitrogens is 1. The number of nitrogen functional groups attached to an aromatic ring is 1. The Kier molecular flexibility index (Phi) is 3.46. The van der Waals surface area contributed by atoms with E-state index in [9.17, 15) is 13.2 Å². The standard InChI is InChI=1S/C13H12N2O4S/c1-20(18,19)10-4-2-3-8(5-10)9-6-11(13(16)17)12(14)15-7-9/h2-7H,1H3,(H2,14,15)(H,16,17). The molecule has 0 spiro atoms. The van der Waals surface area contributed by atoms with Gasteiger partial charge in [0.05, 0.1) is 4.90 Å². The van der Waals surface area contributed by atoms with Gasteiger partial charge >= 0.3 is 5.97 Å². The molecule has 3 N–H and O–H groups in total. The molecule has 0 saturated carbocycles. The molecule has 0 atom stereocenters. The fourth-order valence-electron chi connectivity index (χ4n) is 1.71. The van der Waals surface area contributed by atoms with Crippen molar-refractivity contribution in [3.05, 3.63) is 42.1 Å². The normalized spacial score (nSPS) is 11.2. The first-order chi connectivity index (χ1) is 9.29. The third-order valence-corrected chi connectivity index (χ3v) is 3.85. The second kappa shape index (κ2) is 4.93. The van der Waals surface area contributed by atoms with E-state index in [4.69, 9.17) is 10.8 Å². The van der Waals surface area contributed by atoms with Crippen LogP contribution in [0.15, 0.2) is 41.4 Å². The summed E-state index contributed by atoms with van der Waals surface area (Å²) in [4.78, 5) is 15.0. The number of benzene rings is 1. The monoisotopic (exact) mass is 292 g/mol. The van der Waals surface area contributed by atoms with Crippen LogP contribution in [0.5, 0.6) is 0 Å². The van der Waals surface area contributed by atoms with Crippen LogP contribution in [-0.2, 0) is 9.84 Å². The zero-order chi connectivity index (χ0) is 14.9. The number of carboxylic acid groups (broad SMARTS) is 1. The maximum atomic E-state index is 11.5. The maximum absolute atomic E-state index is 11.5. The van der Waals surface area contributed by atoms with Gasteiger partial charge in [0.25, 0.3) is 0 Å². The number of pyridine rings is 1. The Labute approximate surface area is 115 Å². The SMILES string of the molecule is CS(=O)(=O)c1cccc(-c2cnc(N)c(C(=O)O)c2)c1. The lowest BCUT2D eigenvalue weighted by Crippen LogP contribution is -2.04. The van der Waals surface area contributed by atoms with Crippen LogP contribution in [-0.4, -0.2) is 30.7 Å². The molecule has 0 aliphatic rings. The molecule has 20 heavy (non-hydrogen) atoms. The predicted molar refractivity (Wildman–Crippen MR) is 74.2 cm³/mol. The van der Waals surface area contributed by atoms with E-state index in [0.29, 0.717) is 11.1 Å². The third kappa shape index (κ3) is 2.77. The van der Waals surface area contributed by atoms with E-state index < -0.39 is 15.8 Å². The molecule has 7 heteroatoms. The van der Waals surface area contributed by atoms with E-state index in [2.05, 4.69) is 4.98 Å². The highest BCUT2D eigenvalue weighted by atomic mass is 32.2. The number of nitrogens with zero attached hydrogens (tertiary/aromatic N) is 1. The molecule has 0 aliphatic carbocycles. The lowest BCUT2D eigenvalue weighted by atomic mass is 10.1. The first-order valence-electron chi connectivity index (χ1n) is 5.58. The zero-order valence-corrected chi connectivity index (χ0v) is 11.4. The maximum Gasteiger partial charge on any atom is 0.339 e. The molecule has 2 aromatic rings. The highest BCUT2D eigenvalue weighted by Gasteiger charge is 2.13. The molecule has 1 aromatic carbocycles. The largest absolute Gasteiger partial charge is 0.478 e. The van der Waals surface area contributed by atoms with Gasteiger partial charge in [0.1, 0.15) is 11.4 Å². The fraction of sp³-hybridized carbons (Fsp3) is 0.0769. The van der Waals surface area contributed by atoms with Gasteiger partial charge < -0.3 is 10.8 Å². The van der Waals surface area contributed by atoms with Gasteiger partial charge in [0.15, 0.2) is 9.84 Å². The lowest BCUT2D eigenvalue weighted by molar-refractivity contribution is 0.0697. The lowest BCUT2D eigenvalue weighted by Gasteiger charge is -2.06. The molecule has 2 rings (SSSR count). The summed E-state index contributed by atoms with van der Waals surface area (Å²) in [6.07, 6.45) is 2.51. The Hall–Kier alpha value is -2.41. The average Bonchev–Trinajstić information content (AvgIpc) is 2.38. The van der Waals surface area contributed by atoms with E-state index in [0.717, 1.165) is 6.26 Å². The highest BCUT2D eigenvalue weighted by Crippen LogP contribution is 2.24. The van der Waals surface area contributed by atoms with Crippen LogP contribution < -0.4 is 5.73 Å². The smallest absolute Gasteiger partial charge is 0.339 e. The summed E-state index contributed by atoms with van der Waals surface area (Å²) in [5.74, 6) is -1.27. The fourth-order valence-corrected chi connectivity index (χ4v) is 2.38. The predicted octanol–water partition coefficient (Wildman–Crippen LogP) is 1.43. The molecule has 0 saturated heterocycles. The number of carboxylic acids is 1. The number of hydrogen-bond acceptors (Lipinski definition) is 5. The summed E-state index contributed by atoms with van der Waals surface area (Å²) in [6.45, 7) is 0. The van der Waals surface area contributed by atoms with Gasteiger partial charge in [-0.25, -0.2) is 18.2 Å². The summed E-state index contributed by atoms with van der Waals surface area (Å²) in [7, 11) is -3.33. The van der Waals surface area contributed by atoms with E-state index in [-0.39, 0.29) is 16.3 Å². The minimum atomic E-state index is -3.33. The van der Waals surface area contributed by atoms with Crippen molar-refractivity contribution in [3.63, 3.8) is 0 Å². The number of aromatic carboxylic acids is 1. The van der Waals surface area contributed by atoms with Crippen LogP contribution >= 0.6 is 0 Å². The van der Waals surface area contributed by atoms with Gasteiger partial charge in [0, 0.05) is 18.0 Å². The topological polar surface area (TPSA) is 110 Å².